The lowest BCUT2D eigenvalue weighted by molar-refractivity contribution is -0.141. The largest absolute Gasteiger partial charge is 0.490 e. The van der Waals surface area contributed by atoms with Crippen LogP contribution in [-0.4, -0.2) is 64.6 Å². The van der Waals surface area contributed by atoms with Gasteiger partial charge in [0.2, 0.25) is 11.8 Å². The number of hydrogen-bond acceptors (Lipinski definition) is 7. The third kappa shape index (κ3) is 6.72. The Labute approximate surface area is 262 Å². The molecule has 9 nitrogen and oxygen atoms in total. The van der Waals surface area contributed by atoms with E-state index in [1.807, 2.05) is 20.8 Å². The molecule has 0 unspecified atom stereocenters. The molecule has 2 aromatic rings. The molecule has 6 rings (SSSR count). The Kier molecular flexibility index (Phi) is 8.18. The van der Waals surface area contributed by atoms with Gasteiger partial charge in [-0.15, -0.1) is 0 Å². The number of hydrogen-bond donors (Lipinski definition) is 1. The van der Waals surface area contributed by atoms with E-state index in [1.165, 1.54) is 17.9 Å². The van der Waals surface area contributed by atoms with Gasteiger partial charge in [0.05, 0.1) is 29.8 Å². The molecule has 2 aliphatic carbocycles. The fourth-order valence-electron chi connectivity index (χ4n) is 6.66. The van der Waals surface area contributed by atoms with Gasteiger partial charge in [0.25, 0.3) is 5.92 Å². The van der Waals surface area contributed by atoms with Gasteiger partial charge in [-0.3, -0.25) is 9.59 Å². The van der Waals surface area contributed by atoms with Crippen LogP contribution in [0.15, 0.2) is 24.3 Å². The van der Waals surface area contributed by atoms with E-state index in [1.54, 1.807) is 25.1 Å². The molecule has 1 aromatic heterocycles. The van der Waals surface area contributed by atoms with Crippen molar-refractivity contribution in [3.05, 3.63) is 29.8 Å². The monoisotopic (exact) mass is 627 g/mol. The van der Waals surface area contributed by atoms with E-state index in [4.69, 9.17) is 14.2 Å². The molecule has 2 aliphatic heterocycles. The standard InChI is InChI=1S/C34H43F2N3O6/c1-18-27-17-39(28(18)19(2)40)31(41)29(33(3,4)5)38-32(42)45-26-15-21(26)8-6-7-13-34(35,36)24-14-20-9-10-23(43-22-11-12-22)16-25(20)37-30(24)44-27/h9-10,14,16,18,21-22,26-29H,6-8,11-13,15,17H2,1-5H3,(H,38,42)/t18-,21-,26-,27+,28+,29-/m1/s1. The molecule has 3 heterocycles. The van der Waals surface area contributed by atoms with Gasteiger partial charge >= 0.3 is 6.09 Å². The number of fused-ring (bicyclic) bond motifs is 5. The third-order valence-electron chi connectivity index (χ3n) is 9.54. The van der Waals surface area contributed by atoms with Crippen LogP contribution in [0.3, 0.4) is 0 Å². The zero-order valence-corrected chi connectivity index (χ0v) is 26.6. The quantitative estimate of drug-likeness (QED) is 0.435. The van der Waals surface area contributed by atoms with Gasteiger partial charge < -0.3 is 24.4 Å². The van der Waals surface area contributed by atoms with Crippen molar-refractivity contribution in [2.45, 2.75) is 116 Å². The van der Waals surface area contributed by atoms with E-state index < -0.39 is 53.9 Å². The number of carbonyl (C=O) groups is 3. The molecule has 3 fully saturated rings. The fourth-order valence-corrected chi connectivity index (χ4v) is 6.66. The summed E-state index contributed by atoms with van der Waals surface area (Å²) in [5, 5.41) is 3.31. The number of aromatic nitrogens is 1. The topological polar surface area (TPSA) is 107 Å². The normalized spacial score (nSPS) is 30.6. The highest BCUT2D eigenvalue weighted by Gasteiger charge is 2.50. The van der Waals surface area contributed by atoms with E-state index in [2.05, 4.69) is 10.3 Å². The Morgan fingerprint density at radius 3 is 2.53 bits per heavy atom. The van der Waals surface area contributed by atoms with Crippen LogP contribution in [0, 0.1) is 17.3 Å². The van der Waals surface area contributed by atoms with E-state index >= 15 is 8.78 Å². The Morgan fingerprint density at radius 1 is 1.09 bits per heavy atom. The van der Waals surface area contributed by atoms with Crippen molar-refractivity contribution in [1.29, 1.82) is 0 Å². The van der Waals surface area contributed by atoms with Crippen LogP contribution in [0.4, 0.5) is 13.6 Å². The summed E-state index contributed by atoms with van der Waals surface area (Å²) in [6, 6.07) is 4.82. The Balaban J connectivity index is 1.39. The highest BCUT2D eigenvalue weighted by molar-refractivity contribution is 5.92. The number of benzene rings is 1. The average Bonchev–Trinajstić information content (AvgIpc) is 3.88. The van der Waals surface area contributed by atoms with Gasteiger partial charge in [-0.1, -0.05) is 34.1 Å². The number of ketones is 1. The highest BCUT2D eigenvalue weighted by Crippen LogP contribution is 2.44. The third-order valence-corrected chi connectivity index (χ3v) is 9.54. The van der Waals surface area contributed by atoms with E-state index in [0.29, 0.717) is 35.9 Å². The molecule has 1 N–H and O–H groups in total. The fraction of sp³-hybridized carbons (Fsp3) is 0.647. The highest BCUT2D eigenvalue weighted by atomic mass is 19.3. The average molecular weight is 628 g/mol. The maximum absolute atomic E-state index is 16.0. The second-order valence-electron chi connectivity index (χ2n) is 14.4. The number of amides is 2. The second kappa shape index (κ2) is 11.7. The minimum atomic E-state index is -3.24. The Morgan fingerprint density at radius 2 is 1.84 bits per heavy atom. The van der Waals surface area contributed by atoms with Crippen molar-refractivity contribution in [1.82, 2.24) is 15.2 Å². The molecule has 2 saturated carbocycles. The summed E-state index contributed by atoms with van der Waals surface area (Å²) in [5.74, 6) is -3.97. The number of halogens is 2. The summed E-state index contributed by atoms with van der Waals surface area (Å²) in [4.78, 5) is 46.0. The zero-order valence-electron chi connectivity index (χ0n) is 26.6. The van der Waals surface area contributed by atoms with Crippen LogP contribution >= 0.6 is 0 Å². The molecule has 4 aliphatic rings. The minimum Gasteiger partial charge on any atom is -0.490 e. The van der Waals surface area contributed by atoms with Gasteiger partial charge in [0.1, 0.15) is 24.0 Å². The van der Waals surface area contributed by atoms with Crippen LogP contribution in [-0.2, 0) is 20.2 Å². The van der Waals surface area contributed by atoms with Crippen molar-refractivity contribution >= 4 is 28.7 Å². The molecule has 244 valence electrons. The Bertz CT molecular complexity index is 1490. The molecule has 6 atom stereocenters. The summed E-state index contributed by atoms with van der Waals surface area (Å²) in [6.07, 6.45) is 2.06. The zero-order chi connectivity index (χ0) is 32.3. The van der Waals surface area contributed by atoms with Crippen molar-refractivity contribution in [2.24, 2.45) is 17.3 Å². The molecule has 2 bridgehead atoms. The summed E-state index contributed by atoms with van der Waals surface area (Å²) >= 11 is 0. The molecule has 45 heavy (non-hydrogen) atoms. The van der Waals surface area contributed by atoms with Gasteiger partial charge in [0.15, 0.2) is 5.78 Å². The number of alkyl carbamates (subject to hydrolysis) is 1. The molecular formula is C34H43F2N3O6. The Hall–Kier alpha value is -3.50. The number of alkyl halides is 2. The molecule has 2 amide bonds. The molecular weight excluding hydrogens is 584 g/mol. The van der Waals surface area contributed by atoms with Gasteiger partial charge in [-0.25, -0.2) is 18.6 Å². The molecule has 1 saturated heterocycles. The first-order valence-corrected chi connectivity index (χ1v) is 16.2. The summed E-state index contributed by atoms with van der Waals surface area (Å²) in [7, 11) is 0. The maximum Gasteiger partial charge on any atom is 0.408 e. The van der Waals surface area contributed by atoms with Crippen LogP contribution in [0.5, 0.6) is 11.6 Å². The van der Waals surface area contributed by atoms with Crippen molar-refractivity contribution in [2.75, 3.05) is 6.54 Å². The summed E-state index contributed by atoms with van der Waals surface area (Å²) in [5.41, 5.74) is -0.559. The number of Topliss-reactive ketones (excluding diaryl/α,β-unsaturated/α-hetero) is 1. The van der Waals surface area contributed by atoms with Crippen molar-refractivity contribution in [3.63, 3.8) is 0 Å². The molecule has 0 radical (unpaired) electrons. The molecule has 1 aromatic carbocycles. The first-order chi connectivity index (χ1) is 21.2. The van der Waals surface area contributed by atoms with E-state index in [-0.39, 0.29) is 48.3 Å². The molecule has 0 spiro atoms. The molecule has 11 heteroatoms. The number of nitrogens with zero attached hydrogens (tertiary/aromatic N) is 2. The lowest BCUT2D eigenvalue weighted by Gasteiger charge is -2.35. The van der Waals surface area contributed by atoms with Gasteiger partial charge in [-0.05, 0) is 68.6 Å². The number of rotatable bonds is 3. The predicted octanol–water partition coefficient (Wildman–Crippen LogP) is 6.15. The van der Waals surface area contributed by atoms with Gasteiger partial charge in [-0.2, -0.15) is 0 Å². The SMILES string of the molecule is CC(=O)[C@@H]1[C@H](C)[C@@H]2CN1C(=O)[C@H](C(C)(C)C)NC(=O)O[C@@H]1C[C@H]1CCCCC(F)(F)c1cc3ccc(OC4CC4)cc3nc1O2. The number of carbonyl (C=O) groups excluding carboxylic acids is 3. The minimum absolute atomic E-state index is 0.0339. The first kappa shape index (κ1) is 31.5. The number of nitrogens with one attached hydrogen (secondary N) is 1. The first-order valence-electron chi connectivity index (χ1n) is 16.2. The number of pyridine rings is 1. The lowest BCUT2D eigenvalue weighted by atomic mass is 9.85. The van der Waals surface area contributed by atoms with Crippen LogP contribution in [0.25, 0.3) is 10.9 Å². The van der Waals surface area contributed by atoms with E-state index in [9.17, 15) is 14.4 Å². The second-order valence-corrected chi connectivity index (χ2v) is 14.4. The smallest absolute Gasteiger partial charge is 0.408 e. The lowest BCUT2D eigenvalue weighted by Crippen LogP contribution is -2.57. The summed E-state index contributed by atoms with van der Waals surface area (Å²) in [6.45, 7) is 8.61. The van der Waals surface area contributed by atoms with Gasteiger partial charge in [0, 0.05) is 23.8 Å². The van der Waals surface area contributed by atoms with Crippen LogP contribution < -0.4 is 14.8 Å². The maximum atomic E-state index is 16.0. The van der Waals surface area contributed by atoms with Crippen molar-refractivity contribution < 1.29 is 37.4 Å². The number of ether oxygens (including phenoxy) is 3. The summed E-state index contributed by atoms with van der Waals surface area (Å²) < 4.78 is 49.9. The van der Waals surface area contributed by atoms with Crippen LogP contribution in [0.2, 0.25) is 0 Å². The van der Waals surface area contributed by atoms with E-state index in [0.717, 1.165) is 12.8 Å². The van der Waals surface area contributed by atoms with Crippen molar-refractivity contribution in [3.8, 4) is 11.6 Å². The van der Waals surface area contributed by atoms with Crippen LogP contribution in [0.1, 0.15) is 85.1 Å². The predicted molar refractivity (Wildman–Crippen MR) is 162 cm³/mol.